The quantitative estimate of drug-likeness (QED) is 0.741. The summed E-state index contributed by atoms with van der Waals surface area (Å²) in [4.78, 5) is 19.9. The molecule has 6 heteroatoms. The molecule has 1 amide bonds. The van der Waals surface area contributed by atoms with Gasteiger partial charge in [-0.05, 0) is 12.1 Å². The van der Waals surface area contributed by atoms with Gasteiger partial charge < -0.3 is 16.4 Å². The monoisotopic (exact) mass is 263 g/mol. The molecule has 1 aromatic heterocycles. The highest BCUT2D eigenvalue weighted by Crippen LogP contribution is 2.14. The minimum Gasteiger partial charge on any atom is -0.370 e. The fraction of sp³-hybridized carbons (Fsp3) is 0.538. The molecule has 1 unspecified atom stereocenters. The summed E-state index contributed by atoms with van der Waals surface area (Å²) in [5.41, 5.74) is 11.0. The van der Waals surface area contributed by atoms with Gasteiger partial charge in [-0.25, -0.2) is 4.98 Å². The van der Waals surface area contributed by atoms with E-state index in [4.69, 9.17) is 11.5 Å². The number of nitrogens with zero attached hydrogens (tertiary/aromatic N) is 3. The van der Waals surface area contributed by atoms with Crippen LogP contribution in [0.25, 0.3) is 0 Å². The van der Waals surface area contributed by atoms with E-state index < -0.39 is 0 Å². The predicted octanol–water partition coefficient (Wildman–Crippen LogP) is -0.594. The Morgan fingerprint density at radius 2 is 2.05 bits per heavy atom. The van der Waals surface area contributed by atoms with Crippen molar-refractivity contribution in [2.24, 2.45) is 11.5 Å². The van der Waals surface area contributed by atoms with E-state index in [1.807, 2.05) is 18.2 Å². The molecule has 2 heterocycles. The van der Waals surface area contributed by atoms with Crippen molar-refractivity contribution in [3.8, 4) is 0 Å². The van der Waals surface area contributed by atoms with Crippen LogP contribution in [-0.2, 0) is 4.79 Å². The molecule has 4 N–H and O–H groups in total. The van der Waals surface area contributed by atoms with Crippen LogP contribution in [0.1, 0.15) is 6.42 Å². The number of hydrogen-bond acceptors (Lipinski definition) is 5. The second-order valence-corrected chi connectivity index (χ2v) is 4.77. The molecule has 1 aliphatic heterocycles. The molecule has 0 bridgehead atoms. The molecule has 0 aliphatic carbocycles. The number of piperazine rings is 1. The van der Waals surface area contributed by atoms with Crippen molar-refractivity contribution < 1.29 is 4.79 Å². The summed E-state index contributed by atoms with van der Waals surface area (Å²) >= 11 is 0. The van der Waals surface area contributed by atoms with Gasteiger partial charge in [0.2, 0.25) is 5.91 Å². The largest absolute Gasteiger partial charge is 0.370 e. The van der Waals surface area contributed by atoms with Crippen LogP contribution in [0.3, 0.4) is 0 Å². The normalized spacial score (nSPS) is 18.3. The summed E-state index contributed by atoms with van der Waals surface area (Å²) in [5, 5.41) is 0. The third-order valence-corrected chi connectivity index (χ3v) is 3.51. The van der Waals surface area contributed by atoms with E-state index in [1.165, 1.54) is 0 Å². The third kappa shape index (κ3) is 3.65. The molecule has 0 saturated carbocycles. The number of nitrogens with two attached hydrogens (primary N) is 2. The Balaban J connectivity index is 1.89. The highest BCUT2D eigenvalue weighted by Gasteiger charge is 2.24. The minimum atomic E-state index is -0.289. The zero-order valence-electron chi connectivity index (χ0n) is 11.0. The lowest BCUT2D eigenvalue weighted by atomic mass is 10.1. The molecule has 1 fully saturated rings. The van der Waals surface area contributed by atoms with Gasteiger partial charge in [-0.3, -0.25) is 9.69 Å². The van der Waals surface area contributed by atoms with Gasteiger partial charge in [-0.1, -0.05) is 6.07 Å². The molecule has 1 saturated heterocycles. The van der Waals surface area contributed by atoms with E-state index in [0.29, 0.717) is 13.0 Å². The summed E-state index contributed by atoms with van der Waals surface area (Å²) < 4.78 is 0. The molecule has 2 rings (SSSR count). The van der Waals surface area contributed by atoms with E-state index in [2.05, 4.69) is 14.8 Å². The summed E-state index contributed by atoms with van der Waals surface area (Å²) in [6.07, 6.45) is 2.14. The summed E-state index contributed by atoms with van der Waals surface area (Å²) in [7, 11) is 0. The molecule has 0 spiro atoms. The third-order valence-electron chi connectivity index (χ3n) is 3.51. The number of hydrogen-bond donors (Lipinski definition) is 2. The Bertz CT molecular complexity index is 403. The second-order valence-electron chi connectivity index (χ2n) is 4.77. The Hall–Kier alpha value is -1.66. The van der Waals surface area contributed by atoms with Gasteiger partial charge in [0.15, 0.2) is 0 Å². The van der Waals surface area contributed by atoms with Crippen LogP contribution in [-0.4, -0.2) is 54.6 Å². The number of anilines is 1. The number of amides is 1. The lowest BCUT2D eigenvalue weighted by Gasteiger charge is -2.39. The van der Waals surface area contributed by atoms with Crippen LogP contribution in [0, 0.1) is 0 Å². The standard InChI is InChI=1S/C13H21N5O/c14-10-11(9-12(15)19)17-5-7-18(8-6-17)13-3-1-2-4-16-13/h1-4,11H,5-10,14H2,(H2,15,19). The van der Waals surface area contributed by atoms with Gasteiger partial charge in [-0.15, -0.1) is 0 Å². The van der Waals surface area contributed by atoms with Crippen LogP contribution in [0.5, 0.6) is 0 Å². The second kappa shape index (κ2) is 6.49. The molecular formula is C13H21N5O. The van der Waals surface area contributed by atoms with E-state index >= 15 is 0 Å². The van der Waals surface area contributed by atoms with Crippen LogP contribution in [0.4, 0.5) is 5.82 Å². The van der Waals surface area contributed by atoms with Gasteiger partial charge in [0, 0.05) is 51.4 Å². The topological polar surface area (TPSA) is 88.5 Å². The number of primary amides is 1. The van der Waals surface area contributed by atoms with Crippen molar-refractivity contribution in [1.82, 2.24) is 9.88 Å². The van der Waals surface area contributed by atoms with Crippen molar-refractivity contribution in [3.05, 3.63) is 24.4 Å². The molecule has 0 radical (unpaired) electrons. The van der Waals surface area contributed by atoms with Crippen LogP contribution in [0.15, 0.2) is 24.4 Å². The highest BCUT2D eigenvalue weighted by atomic mass is 16.1. The fourth-order valence-corrected chi connectivity index (χ4v) is 2.45. The number of aromatic nitrogens is 1. The van der Waals surface area contributed by atoms with Crippen LogP contribution < -0.4 is 16.4 Å². The zero-order chi connectivity index (χ0) is 13.7. The van der Waals surface area contributed by atoms with Crippen molar-refractivity contribution in [2.45, 2.75) is 12.5 Å². The van der Waals surface area contributed by atoms with Gasteiger partial charge in [0.1, 0.15) is 5.82 Å². The number of carbonyl (C=O) groups excluding carboxylic acids is 1. The maximum atomic E-state index is 11.0. The first kappa shape index (κ1) is 13.8. The Labute approximate surface area is 113 Å². The smallest absolute Gasteiger partial charge is 0.219 e. The Morgan fingerprint density at radius 3 is 2.58 bits per heavy atom. The van der Waals surface area contributed by atoms with E-state index in [-0.39, 0.29) is 11.9 Å². The first-order valence-corrected chi connectivity index (χ1v) is 6.59. The van der Waals surface area contributed by atoms with Crippen molar-refractivity contribution in [3.63, 3.8) is 0 Å². The number of carbonyl (C=O) groups is 1. The summed E-state index contributed by atoms with van der Waals surface area (Å²) in [6, 6.07) is 5.98. The first-order valence-electron chi connectivity index (χ1n) is 6.59. The first-order chi connectivity index (χ1) is 9.20. The number of pyridine rings is 1. The van der Waals surface area contributed by atoms with Crippen molar-refractivity contribution in [1.29, 1.82) is 0 Å². The summed E-state index contributed by atoms with van der Waals surface area (Å²) in [5.74, 6) is 0.712. The van der Waals surface area contributed by atoms with Gasteiger partial charge in [0.25, 0.3) is 0 Å². The maximum absolute atomic E-state index is 11.0. The van der Waals surface area contributed by atoms with Gasteiger partial charge in [-0.2, -0.15) is 0 Å². The maximum Gasteiger partial charge on any atom is 0.219 e. The lowest BCUT2D eigenvalue weighted by Crippen LogP contribution is -2.53. The molecule has 6 nitrogen and oxygen atoms in total. The average molecular weight is 263 g/mol. The average Bonchev–Trinajstić information content (AvgIpc) is 2.46. The van der Waals surface area contributed by atoms with Crippen molar-refractivity contribution in [2.75, 3.05) is 37.6 Å². The van der Waals surface area contributed by atoms with Crippen molar-refractivity contribution >= 4 is 11.7 Å². The molecule has 0 aromatic carbocycles. The SMILES string of the molecule is NCC(CC(N)=O)N1CCN(c2ccccn2)CC1. The minimum absolute atomic E-state index is 0.0587. The predicted molar refractivity (Wildman–Crippen MR) is 74.7 cm³/mol. The highest BCUT2D eigenvalue weighted by molar-refractivity contribution is 5.74. The molecule has 19 heavy (non-hydrogen) atoms. The lowest BCUT2D eigenvalue weighted by molar-refractivity contribution is -0.119. The zero-order valence-corrected chi connectivity index (χ0v) is 11.0. The van der Waals surface area contributed by atoms with Gasteiger partial charge >= 0.3 is 0 Å². The van der Waals surface area contributed by atoms with E-state index in [1.54, 1.807) is 6.20 Å². The Morgan fingerprint density at radius 1 is 1.32 bits per heavy atom. The van der Waals surface area contributed by atoms with E-state index in [0.717, 1.165) is 32.0 Å². The van der Waals surface area contributed by atoms with Crippen LogP contribution in [0.2, 0.25) is 0 Å². The Kier molecular flexibility index (Phi) is 4.70. The molecule has 1 atom stereocenters. The van der Waals surface area contributed by atoms with Gasteiger partial charge in [0.05, 0.1) is 0 Å². The molecule has 1 aliphatic rings. The summed E-state index contributed by atoms with van der Waals surface area (Å²) in [6.45, 7) is 4.02. The molecular weight excluding hydrogens is 242 g/mol. The number of rotatable bonds is 5. The fourth-order valence-electron chi connectivity index (χ4n) is 2.45. The van der Waals surface area contributed by atoms with Crippen LogP contribution >= 0.6 is 0 Å². The van der Waals surface area contributed by atoms with E-state index in [9.17, 15) is 4.79 Å². The molecule has 104 valence electrons. The molecule has 1 aromatic rings.